The fraction of sp³-hybridized carbons (Fsp3) is 0. The van der Waals surface area contributed by atoms with Gasteiger partial charge in [-0.25, -0.2) is 14.4 Å². The van der Waals surface area contributed by atoms with Crippen molar-refractivity contribution < 1.29 is 8.81 Å². The van der Waals surface area contributed by atoms with E-state index in [9.17, 15) is 4.39 Å². The highest BCUT2D eigenvalue weighted by Crippen LogP contribution is 2.25. The molecule has 0 spiro atoms. The van der Waals surface area contributed by atoms with Crippen LogP contribution in [0.2, 0.25) is 0 Å². The van der Waals surface area contributed by atoms with Gasteiger partial charge in [-0.3, -0.25) is 0 Å². The van der Waals surface area contributed by atoms with E-state index in [1.54, 1.807) is 30.6 Å². The van der Waals surface area contributed by atoms with Crippen molar-refractivity contribution in [3.8, 4) is 0 Å². The average Bonchev–Trinajstić information content (AvgIpc) is 3.02. The molecule has 0 amide bonds. The number of halogens is 1. The summed E-state index contributed by atoms with van der Waals surface area (Å²) in [5, 5.41) is 6.09. The summed E-state index contributed by atoms with van der Waals surface area (Å²) in [5.41, 5.74) is 2.22. The highest BCUT2D eigenvalue weighted by molar-refractivity contribution is 5.76. The molecule has 0 saturated heterocycles. The van der Waals surface area contributed by atoms with Gasteiger partial charge in [-0.1, -0.05) is 6.07 Å². The van der Waals surface area contributed by atoms with E-state index in [-0.39, 0.29) is 11.6 Å². The number of para-hydroxylation sites is 1. The predicted molar refractivity (Wildman–Crippen MR) is 89.0 cm³/mol. The SMILES string of the molecule is Fc1cccc2nc(Nc3ccc(Nc4ncccn4)cc3)oc12. The van der Waals surface area contributed by atoms with E-state index in [1.807, 2.05) is 24.3 Å². The van der Waals surface area contributed by atoms with Crippen LogP contribution in [0.3, 0.4) is 0 Å². The number of benzene rings is 2. The lowest BCUT2D eigenvalue weighted by atomic mass is 10.3. The average molecular weight is 321 g/mol. The molecule has 2 aromatic carbocycles. The monoisotopic (exact) mass is 321 g/mol. The van der Waals surface area contributed by atoms with Crippen molar-refractivity contribution >= 4 is 34.4 Å². The molecule has 2 aromatic heterocycles. The molecule has 0 saturated carbocycles. The molecule has 6 nitrogen and oxygen atoms in total. The van der Waals surface area contributed by atoms with Crippen LogP contribution in [0.25, 0.3) is 11.1 Å². The summed E-state index contributed by atoms with van der Waals surface area (Å²) in [6.07, 6.45) is 3.33. The molecule has 24 heavy (non-hydrogen) atoms. The standard InChI is InChI=1S/C17H12FN5O/c18-13-3-1-4-14-15(13)24-17(23-14)22-12-7-5-11(6-8-12)21-16-19-9-2-10-20-16/h1-10H,(H,22,23)(H,19,20,21). The first-order chi connectivity index (χ1) is 11.8. The maximum Gasteiger partial charge on any atom is 0.300 e. The lowest BCUT2D eigenvalue weighted by molar-refractivity contribution is 0.566. The maximum atomic E-state index is 13.6. The Balaban J connectivity index is 1.51. The van der Waals surface area contributed by atoms with Crippen LogP contribution in [0.4, 0.5) is 27.7 Å². The number of rotatable bonds is 4. The van der Waals surface area contributed by atoms with Gasteiger partial charge in [0, 0.05) is 23.8 Å². The summed E-state index contributed by atoms with van der Waals surface area (Å²) in [7, 11) is 0. The lowest BCUT2D eigenvalue weighted by Crippen LogP contribution is -1.96. The normalized spacial score (nSPS) is 10.7. The summed E-state index contributed by atoms with van der Waals surface area (Å²) in [5.74, 6) is 0.0862. The van der Waals surface area contributed by atoms with E-state index in [2.05, 4.69) is 25.6 Å². The zero-order valence-electron chi connectivity index (χ0n) is 12.4. The smallest absolute Gasteiger partial charge is 0.300 e. The molecule has 0 aliphatic rings. The summed E-state index contributed by atoms with van der Waals surface area (Å²) in [6, 6.07) is 14.0. The number of nitrogens with zero attached hydrogens (tertiary/aromatic N) is 3. The van der Waals surface area contributed by atoms with Crippen LogP contribution < -0.4 is 10.6 Å². The van der Waals surface area contributed by atoms with E-state index in [4.69, 9.17) is 4.42 Å². The van der Waals surface area contributed by atoms with Crippen molar-refractivity contribution in [1.29, 1.82) is 0 Å². The zero-order chi connectivity index (χ0) is 16.4. The molecule has 0 atom stereocenters. The Labute approximate surface area is 136 Å². The first-order valence-electron chi connectivity index (χ1n) is 7.24. The van der Waals surface area contributed by atoms with E-state index >= 15 is 0 Å². The molecule has 2 heterocycles. The number of aromatic nitrogens is 3. The van der Waals surface area contributed by atoms with Crippen molar-refractivity contribution in [2.24, 2.45) is 0 Å². The molecular formula is C17H12FN5O. The van der Waals surface area contributed by atoms with Crippen LogP contribution in [-0.2, 0) is 0 Å². The fourth-order valence-corrected chi connectivity index (χ4v) is 2.22. The second-order valence-electron chi connectivity index (χ2n) is 5.01. The van der Waals surface area contributed by atoms with Gasteiger partial charge >= 0.3 is 0 Å². The number of nitrogens with one attached hydrogen (secondary N) is 2. The number of hydrogen-bond donors (Lipinski definition) is 2. The van der Waals surface area contributed by atoms with Gasteiger partial charge in [-0.05, 0) is 42.5 Å². The molecule has 2 N–H and O–H groups in total. The minimum atomic E-state index is -0.435. The van der Waals surface area contributed by atoms with Crippen molar-refractivity contribution in [2.75, 3.05) is 10.6 Å². The van der Waals surface area contributed by atoms with Crippen LogP contribution in [0, 0.1) is 5.82 Å². The minimum Gasteiger partial charge on any atom is -0.420 e. The van der Waals surface area contributed by atoms with Gasteiger partial charge in [0.2, 0.25) is 5.95 Å². The van der Waals surface area contributed by atoms with Gasteiger partial charge < -0.3 is 15.1 Å². The second-order valence-corrected chi connectivity index (χ2v) is 5.01. The quantitative estimate of drug-likeness (QED) is 0.585. The molecule has 0 aliphatic carbocycles. The fourth-order valence-electron chi connectivity index (χ4n) is 2.22. The van der Waals surface area contributed by atoms with Crippen LogP contribution in [-0.4, -0.2) is 15.0 Å². The van der Waals surface area contributed by atoms with Gasteiger partial charge in [0.25, 0.3) is 6.01 Å². The van der Waals surface area contributed by atoms with Crippen LogP contribution in [0.15, 0.2) is 65.3 Å². The predicted octanol–water partition coefficient (Wildman–Crippen LogP) is 4.24. The number of hydrogen-bond acceptors (Lipinski definition) is 6. The Morgan fingerprint density at radius 2 is 1.54 bits per heavy atom. The molecule has 118 valence electrons. The van der Waals surface area contributed by atoms with E-state index in [0.29, 0.717) is 11.5 Å². The Morgan fingerprint density at radius 1 is 0.833 bits per heavy atom. The Morgan fingerprint density at radius 3 is 2.25 bits per heavy atom. The van der Waals surface area contributed by atoms with Gasteiger partial charge in [-0.15, -0.1) is 0 Å². The maximum absolute atomic E-state index is 13.6. The number of anilines is 4. The minimum absolute atomic E-state index is 0.138. The van der Waals surface area contributed by atoms with Crippen LogP contribution >= 0.6 is 0 Å². The molecule has 0 fully saturated rings. The first-order valence-corrected chi connectivity index (χ1v) is 7.24. The summed E-state index contributed by atoms with van der Waals surface area (Å²) in [6.45, 7) is 0. The third kappa shape index (κ3) is 2.87. The molecule has 4 rings (SSSR count). The molecule has 4 aromatic rings. The Hall–Kier alpha value is -3.48. The Bertz CT molecular complexity index is 969. The zero-order valence-corrected chi connectivity index (χ0v) is 12.4. The van der Waals surface area contributed by atoms with Crippen molar-refractivity contribution in [1.82, 2.24) is 15.0 Å². The second kappa shape index (κ2) is 5.96. The molecule has 0 unspecified atom stereocenters. The lowest BCUT2D eigenvalue weighted by Gasteiger charge is -2.06. The van der Waals surface area contributed by atoms with Gasteiger partial charge in [0.05, 0.1) is 0 Å². The topological polar surface area (TPSA) is 75.9 Å². The van der Waals surface area contributed by atoms with E-state index in [0.717, 1.165) is 11.4 Å². The molecular weight excluding hydrogens is 309 g/mol. The third-order valence-corrected chi connectivity index (χ3v) is 3.33. The van der Waals surface area contributed by atoms with E-state index in [1.165, 1.54) is 6.07 Å². The molecule has 0 radical (unpaired) electrons. The highest BCUT2D eigenvalue weighted by atomic mass is 19.1. The van der Waals surface area contributed by atoms with Crippen molar-refractivity contribution in [3.63, 3.8) is 0 Å². The van der Waals surface area contributed by atoms with Gasteiger partial charge in [0.15, 0.2) is 11.4 Å². The molecule has 7 heteroatoms. The number of fused-ring (bicyclic) bond motifs is 1. The first kappa shape index (κ1) is 14.1. The van der Waals surface area contributed by atoms with Gasteiger partial charge in [-0.2, -0.15) is 4.98 Å². The summed E-state index contributed by atoms with van der Waals surface area (Å²) in [4.78, 5) is 12.4. The van der Waals surface area contributed by atoms with Crippen LogP contribution in [0.1, 0.15) is 0 Å². The summed E-state index contributed by atoms with van der Waals surface area (Å²) < 4.78 is 19.0. The van der Waals surface area contributed by atoms with E-state index < -0.39 is 5.82 Å². The summed E-state index contributed by atoms with van der Waals surface area (Å²) >= 11 is 0. The third-order valence-electron chi connectivity index (χ3n) is 3.33. The Kier molecular flexibility index (Phi) is 3.51. The van der Waals surface area contributed by atoms with Crippen molar-refractivity contribution in [3.05, 3.63) is 66.7 Å². The molecule has 0 aliphatic heterocycles. The van der Waals surface area contributed by atoms with Crippen molar-refractivity contribution in [2.45, 2.75) is 0 Å². The van der Waals surface area contributed by atoms with Gasteiger partial charge in [0.1, 0.15) is 5.52 Å². The number of oxazole rings is 1. The van der Waals surface area contributed by atoms with Crippen LogP contribution in [0.5, 0.6) is 0 Å². The molecule has 0 bridgehead atoms. The highest BCUT2D eigenvalue weighted by Gasteiger charge is 2.09. The largest absolute Gasteiger partial charge is 0.420 e.